The SMILES string of the molecule is C=COCCCNC(=O)c1cccn1C1CCNCC1. The Bertz CT molecular complexity index is 436. The fraction of sp³-hybridized carbons (Fsp3) is 0.533. The molecule has 1 aromatic heterocycles. The van der Waals surface area contributed by atoms with Crippen molar-refractivity contribution in [1.29, 1.82) is 0 Å². The van der Waals surface area contributed by atoms with E-state index in [1.54, 1.807) is 0 Å². The number of carbonyl (C=O) groups is 1. The first kappa shape index (κ1) is 14.7. The number of piperidine rings is 1. The molecular weight excluding hydrogens is 254 g/mol. The molecule has 2 rings (SSSR count). The Morgan fingerprint density at radius 1 is 1.55 bits per heavy atom. The summed E-state index contributed by atoms with van der Waals surface area (Å²) in [7, 11) is 0. The molecule has 2 N–H and O–H groups in total. The molecule has 1 fully saturated rings. The first-order valence-electron chi connectivity index (χ1n) is 7.21. The van der Waals surface area contributed by atoms with Crippen LogP contribution in [0.2, 0.25) is 0 Å². The number of rotatable bonds is 7. The Hall–Kier alpha value is -1.75. The molecule has 0 atom stereocenters. The van der Waals surface area contributed by atoms with Crippen molar-refractivity contribution >= 4 is 5.91 Å². The van der Waals surface area contributed by atoms with Crippen molar-refractivity contribution in [2.45, 2.75) is 25.3 Å². The van der Waals surface area contributed by atoms with Gasteiger partial charge in [-0.1, -0.05) is 6.58 Å². The molecule has 1 amide bonds. The average Bonchev–Trinajstić information content (AvgIpc) is 2.97. The number of hydrogen-bond donors (Lipinski definition) is 2. The van der Waals surface area contributed by atoms with Gasteiger partial charge >= 0.3 is 0 Å². The summed E-state index contributed by atoms with van der Waals surface area (Å²) in [6.07, 6.45) is 6.35. The molecule has 5 nitrogen and oxygen atoms in total. The second-order valence-electron chi connectivity index (χ2n) is 4.93. The second-order valence-corrected chi connectivity index (χ2v) is 4.93. The van der Waals surface area contributed by atoms with E-state index in [1.165, 1.54) is 6.26 Å². The van der Waals surface area contributed by atoms with Crippen LogP contribution >= 0.6 is 0 Å². The Labute approximate surface area is 120 Å². The van der Waals surface area contributed by atoms with E-state index in [0.717, 1.165) is 38.0 Å². The van der Waals surface area contributed by atoms with Crippen LogP contribution in [0.5, 0.6) is 0 Å². The van der Waals surface area contributed by atoms with Gasteiger partial charge in [-0.05, 0) is 44.5 Å². The average molecular weight is 277 g/mol. The molecule has 0 aromatic carbocycles. The molecule has 0 aliphatic carbocycles. The molecule has 1 saturated heterocycles. The second kappa shape index (κ2) is 7.75. The minimum absolute atomic E-state index is 0.00728. The molecule has 20 heavy (non-hydrogen) atoms. The minimum Gasteiger partial charge on any atom is -0.502 e. The molecule has 110 valence electrons. The van der Waals surface area contributed by atoms with Crippen LogP contribution < -0.4 is 10.6 Å². The highest BCUT2D eigenvalue weighted by molar-refractivity contribution is 5.92. The first-order chi connectivity index (χ1) is 9.83. The minimum atomic E-state index is -0.00728. The Kier molecular flexibility index (Phi) is 5.68. The Balaban J connectivity index is 1.86. The topological polar surface area (TPSA) is 55.3 Å². The molecule has 0 bridgehead atoms. The first-order valence-corrected chi connectivity index (χ1v) is 7.21. The standard InChI is InChI=1S/C15H23N3O2/c1-2-20-12-4-8-17-15(19)14-5-3-11-18(14)13-6-9-16-10-7-13/h2-3,5,11,13,16H,1,4,6-10,12H2,(H,17,19). The van der Waals surface area contributed by atoms with Gasteiger partial charge in [-0.15, -0.1) is 0 Å². The third kappa shape index (κ3) is 3.87. The maximum atomic E-state index is 12.2. The molecule has 1 aromatic rings. The summed E-state index contributed by atoms with van der Waals surface area (Å²) in [4.78, 5) is 12.2. The normalized spacial score (nSPS) is 15.8. The van der Waals surface area contributed by atoms with Crippen LogP contribution in [0.3, 0.4) is 0 Å². The maximum Gasteiger partial charge on any atom is 0.267 e. The predicted octanol–water partition coefficient (Wildman–Crippen LogP) is 1.69. The van der Waals surface area contributed by atoms with Crippen LogP contribution in [-0.4, -0.2) is 36.7 Å². The highest BCUT2D eigenvalue weighted by atomic mass is 16.5. The summed E-state index contributed by atoms with van der Waals surface area (Å²) in [6, 6.07) is 4.26. The van der Waals surface area contributed by atoms with Crippen LogP contribution in [-0.2, 0) is 4.74 Å². The van der Waals surface area contributed by atoms with Gasteiger partial charge in [-0.25, -0.2) is 0 Å². The van der Waals surface area contributed by atoms with E-state index >= 15 is 0 Å². The molecular formula is C15H23N3O2. The molecule has 2 heterocycles. The number of hydrogen-bond acceptors (Lipinski definition) is 3. The zero-order chi connectivity index (χ0) is 14.2. The van der Waals surface area contributed by atoms with E-state index in [9.17, 15) is 4.79 Å². The molecule has 1 aliphatic heterocycles. The van der Waals surface area contributed by atoms with E-state index in [2.05, 4.69) is 21.8 Å². The summed E-state index contributed by atoms with van der Waals surface area (Å²) >= 11 is 0. The quantitative estimate of drug-likeness (QED) is 0.589. The number of nitrogens with one attached hydrogen (secondary N) is 2. The molecule has 0 spiro atoms. The van der Waals surface area contributed by atoms with E-state index in [-0.39, 0.29) is 5.91 Å². The van der Waals surface area contributed by atoms with Gasteiger partial charge in [0.15, 0.2) is 0 Å². The van der Waals surface area contributed by atoms with Crippen molar-refractivity contribution in [2.75, 3.05) is 26.2 Å². The Morgan fingerprint density at radius 3 is 3.10 bits per heavy atom. The number of aromatic nitrogens is 1. The predicted molar refractivity (Wildman–Crippen MR) is 78.7 cm³/mol. The van der Waals surface area contributed by atoms with Gasteiger partial charge in [0.1, 0.15) is 5.69 Å². The zero-order valence-corrected chi connectivity index (χ0v) is 11.8. The van der Waals surface area contributed by atoms with Crippen LogP contribution in [0.15, 0.2) is 31.2 Å². The number of amides is 1. The van der Waals surface area contributed by atoms with Gasteiger partial charge in [0.25, 0.3) is 5.91 Å². The van der Waals surface area contributed by atoms with Gasteiger partial charge in [0.2, 0.25) is 0 Å². The summed E-state index contributed by atoms with van der Waals surface area (Å²) in [5.41, 5.74) is 0.751. The lowest BCUT2D eigenvalue weighted by atomic mass is 10.1. The third-order valence-corrected chi connectivity index (χ3v) is 3.56. The van der Waals surface area contributed by atoms with Crippen LogP contribution in [0.1, 0.15) is 35.8 Å². The lowest BCUT2D eigenvalue weighted by Crippen LogP contribution is -2.32. The van der Waals surface area contributed by atoms with Gasteiger partial charge in [0.05, 0.1) is 12.9 Å². The van der Waals surface area contributed by atoms with Crippen molar-refractivity contribution in [2.24, 2.45) is 0 Å². The molecule has 1 aliphatic rings. The van der Waals surface area contributed by atoms with Crippen LogP contribution in [0.25, 0.3) is 0 Å². The van der Waals surface area contributed by atoms with Crippen molar-refractivity contribution in [3.8, 4) is 0 Å². The molecule has 0 unspecified atom stereocenters. The van der Waals surface area contributed by atoms with Gasteiger partial charge in [0, 0.05) is 18.8 Å². The number of ether oxygens (including phenoxy) is 1. The van der Waals surface area contributed by atoms with E-state index in [4.69, 9.17) is 4.74 Å². The van der Waals surface area contributed by atoms with E-state index < -0.39 is 0 Å². The fourth-order valence-corrected chi connectivity index (χ4v) is 2.52. The largest absolute Gasteiger partial charge is 0.502 e. The lowest BCUT2D eigenvalue weighted by Gasteiger charge is -2.25. The van der Waals surface area contributed by atoms with E-state index in [0.29, 0.717) is 19.2 Å². The number of nitrogens with zero attached hydrogens (tertiary/aromatic N) is 1. The smallest absolute Gasteiger partial charge is 0.267 e. The van der Waals surface area contributed by atoms with Crippen molar-refractivity contribution in [3.05, 3.63) is 36.9 Å². The number of carbonyl (C=O) groups excluding carboxylic acids is 1. The molecule has 0 saturated carbocycles. The monoisotopic (exact) mass is 277 g/mol. The van der Waals surface area contributed by atoms with Crippen LogP contribution in [0, 0.1) is 0 Å². The highest BCUT2D eigenvalue weighted by Crippen LogP contribution is 2.21. The fourth-order valence-electron chi connectivity index (χ4n) is 2.52. The third-order valence-electron chi connectivity index (χ3n) is 3.56. The molecule has 5 heteroatoms. The van der Waals surface area contributed by atoms with Crippen molar-refractivity contribution in [1.82, 2.24) is 15.2 Å². The van der Waals surface area contributed by atoms with Crippen LogP contribution in [0.4, 0.5) is 0 Å². The van der Waals surface area contributed by atoms with Gasteiger partial charge in [-0.2, -0.15) is 0 Å². The Morgan fingerprint density at radius 2 is 2.35 bits per heavy atom. The van der Waals surface area contributed by atoms with E-state index in [1.807, 2.05) is 18.3 Å². The highest BCUT2D eigenvalue weighted by Gasteiger charge is 2.19. The summed E-state index contributed by atoms with van der Waals surface area (Å²) in [5.74, 6) is -0.00728. The summed E-state index contributed by atoms with van der Waals surface area (Å²) in [5, 5.41) is 6.28. The summed E-state index contributed by atoms with van der Waals surface area (Å²) < 4.78 is 7.13. The lowest BCUT2D eigenvalue weighted by molar-refractivity contribution is 0.0937. The van der Waals surface area contributed by atoms with Crippen molar-refractivity contribution < 1.29 is 9.53 Å². The zero-order valence-electron chi connectivity index (χ0n) is 11.8. The van der Waals surface area contributed by atoms with Gasteiger partial charge in [-0.3, -0.25) is 4.79 Å². The summed E-state index contributed by atoms with van der Waals surface area (Å²) in [6.45, 7) is 6.71. The molecule has 0 radical (unpaired) electrons. The van der Waals surface area contributed by atoms with Crippen molar-refractivity contribution in [3.63, 3.8) is 0 Å². The maximum absolute atomic E-state index is 12.2. The van der Waals surface area contributed by atoms with Gasteiger partial charge < -0.3 is 19.9 Å².